The van der Waals surface area contributed by atoms with Crippen LogP contribution in [-0.4, -0.2) is 41.0 Å². The van der Waals surface area contributed by atoms with Crippen molar-refractivity contribution in [3.63, 3.8) is 0 Å². The average Bonchev–Trinajstić information content (AvgIpc) is 2.59. The minimum atomic E-state index is -0.149. The van der Waals surface area contributed by atoms with E-state index in [-0.39, 0.29) is 5.91 Å². The Morgan fingerprint density at radius 2 is 1.68 bits per heavy atom. The van der Waals surface area contributed by atoms with Crippen LogP contribution in [0.1, 0.15) is 38.2 Å². The topological polar surface area (TPSA) is 57.3 Å². The summed E-state index contributed by atoms with van der Waals surface area (Å²) in [5.41, 5.74) is 1.36. The van der Waals surface area contributed by atoms with E-state index in [1.54, 1.807) is 6.07 Å². The second-order valence-electron chi connectivity index (χ2n) is 6.58. The summed E-state index contributed by atoms with van der Waals surface area (Å²) in [6.07, 6.45) is 0. The molecule has 134 valence electrons. The summed E-state index contributed by atoms with van der Waals surface area (Å²) in [4.78, 5) is 19.1. The maximum absolute atomic E-state index is 12.4. The molecular weight excluding hydrogens is 312 g/mol. The Morgan fingerprint density at radius 1 is 1.00 bits per heavy atom. The van der Waals surface area contributed by atoms with Gasteiger partial charge in [0, 0.05) is 30.9 Å². The van der Waals surface area contributed by atoms with Gasteiger partial charge in [-0.2, -0.15) is 0 Å². The highest BCUT2D eigenvalue weighted by atomic mass is 16.1. The van der Waals surface area contributed by atoms with Crippen LogP contribution in [0.5, 0.6) is 0 Å². The zero-order valence-corrected chi connectivity index (χ0v) is 15.5. The molecule has 0 unspecified atom stereocenters. The van der Waals surface area contributed by atoms with E-state index in [4.69, 9.17) is 0 Å². The molecule has 0 aliphatic rings. The van der Waals surface area contributed by atoms with Gasteiger partial charge in [0.1, 0.15) is 11.5 Å². The Bertz CT molecular complexity index is 662. The molecule has 1 aromatic carbocycles. The summed E-state index contributed by atoms with van der Waals surface area (Å²) in [7, 11) is 0. The number of pyridine rings is 1. The maximum Gasteiger partial charge on any atom is 0.270 e. The summed E-state index contributed by atoms with van der Waals surface area (Å²) < 4.78 is 0. The summed E-state index contributed by atoms with van der Waals surface area (Å²) in [6.45, 7) is 10.1. The monoisotopic (exact) mass is 340 g/mol. The molecule has 1 aromatic heterocycles. The number of anilines is 2. The number of benzene rings is 1. The Balaban J connectivity index is 1.92. The number of aromatic nitrogens is 1. The fourth-order valence-electron chi connectivity index (χ4n) is 2.80. The molecule has 1 heterocycles. The number of carbonyl (C=O) groups excluding carboxylic acids is 1. The molecule has 2 rings (SSSR count). The zero-order chi connectivity index (χ0) is 18.2. The van der Waals surface area contributed by atoms with E-state index < -0.39 is 0 Å². The van der Waals surface area contributed by atoms with Crippen molar-refractivity contribution < 1.29 is 4.79 Å². The summed E-state index contributed by atoms with van der Waals surface area (Å²) in [6, 6.07) is 16.1. The molecular formula is C20H28N4O. The van der Waals surface area contributed by atoms with Crippen LogP contribution < -0.4 is 10.6 Å². The largest absolute Gasteiger partial charge is 0.349 e. The van der Waals surface area contributed by atoms with Crippen LogP contribution in [0.4, 0.5) is 11.5 Å². The third-order valence-electron chi connectivity index (χ3n) is 4.01. The number of rotatable bonds is 8. The highest BCUT2D eigenvalue weighted by Crippen LogP contribution is 2.14. The first-order chi connectivity index (χ1) is 12.0. The van der Waals surface area contributed by atoms with E-state index in [0.29, 0.717) is 30.1 Å². The van der Waals surface area contributed by atoms with Crippen molar-refractivity contribution in [3.05, 3.63) is 54.2 Å². The van der Waals surface area contributed by atoms with Crippen molar-refractivity contribution in [1.82, 2.24) is 15.2 Å². The Kier molecular flexibility index (Phi) is 6.95. The molecule has 25 heavy (non-hydrogen) atoms. The zero-order valence-electron chi connectivity index (χ0n) is 15.5. The van der Waals surface area contributed by atoms with Gasteiger partial charge in [-0.1, -0.05) is 24.3 Å². The number of amides is 1. The van der Waals surface area contributed by atoms with E-state index in [1.807, 2.05) is 42.5 Å². The van der Waals surface area contributed by atoms with Gasteiger partial charge < -0.3 is 10.6 Å². The van der Waals surface area contributed by atoms with E-state index in [2.05, 4.69) is 48.2 Å². The third-order valence-corrected chi connectivity index (χ3v) is 4.01. The fraction of sp³-hybridized carbons (Fsp3) is 0.400. The van der Waals surface area contributed by atoms with Crippen molar-refractivity contribution in [3.8, 4) is 0 Å². The van der Waals surface area contributed by atoms with Crippen molar-refractivity contribution in [1.29, 1.82) is 0 Å². The second kappa shape index (κ2) is 9.18. The first-order valence-electron chi connectivity index (χ1n) is 8.80. The molecule has 0 bridgehead atoms. The summed E-state index contributed by atoms with van der Waals surface area (Å²) in [5.74, 6) is 0.508. The molecule has 0 saturated carbocycles. The summed E-state index contributed by atoms with van der Waals surface area (Å²) in [5, 5.41) is 6.16. The number of para-hydroxylation sites is 1. The quantitative estimate of drug-likeness (QED) is 0.770. The SMILES string of the molecule is CC(C)N(CCNC(=O)c1cccc(Nc2ccccc2)n1)C(C)C. The Labute approximate surface area is 150 Å². The molecule has 0 aliphatic carbocycles. The molecule has 5 heteroatoms. The van der Waals surface area contributed by atoms with Gasteiger partial charge >= 0.3 is 0 Å². The maximum atomic E-state index is 12.4. The molecule has 2 aromatic rings. The van der Waals surface area contributed by atoms with Crippen molar-refractivity contribution in [2.75, 3.05) is 18.4 Å². The van der Waals surface area contributed by atoms with Gasteiger partial charge in [0.25, 0.3) is 5.91 Å². The van der Waals surface area contributed by atoms with Crippen LogP contribution in [0.3, 0.4) is 0 Å². The first kappa shape index (κ1) is 18.9. The summed E-state index contributed by atoms with van der Waals surface area (Å²) >= 11 is 0. The molecule has 0 fully saturated rings. The van der Waals surface area contributed by atoms with E-state index >= 15 is 0 Å². The smallest absolute Gasteiger partial charge is 0.270 e. The molecule has 0 saturated heterocycles. The number of carbonyl (C=O) groups is 1. The number of nitrogens with zero attached hydrogens (tertiary/aromatic N) is 2. The van der Waals surface area contributed by atoms with Gasteiger partial charge in [-0.25, -0.2) is 4.98 Å². The first-order valence-corrected chi connectivity index (χ1v) is 8.80. The van der Waals surface area contributed by atoms with Crippen LogP contribution in [0, 0.1) is 0 Å². The highest BCUT2D eigenvalue weighted by Gasteiger charge is 2.14. The Morgan fingerprint density at radius 3 is 2.32 bits per heavy atom. The standard InChI is InChI=1S/C20H28N4O/c1-15(2)24(16(3)4)14-13-21-20(25)18-11-8-12-19(23-18)22-17-9-6-5-7-10-17/h5-12,15-16H,13-14H2,1-4H3,(H,21,25)(H,22,23). The molecule has 0 aliphatic heterocycles. The number of nitrogens with one attached hydrogen (secondary N) is 2. The van der Waals surface area contributed by atoms with Gasteiger partial charge in [-0.15, -0.1) is 0 Å². The molecule has 0 spiro atoms. The molecule has 0 radical (unpaired) electrons. The molecule has 5 nitrogen and oxygen atoms in total. The van der Waals surface area contributed by atoms with Gasteiger partial charge in [0.05, 0.1) is 0 Å². The second-order valence-corrected chi connectivity index (χ2v) is 6.58. The van der Waals surface area contributed by atoms with Crippen molar-refractivity contribution in [2.45, 2.75) is 39.8 Å². The normalized spacial score (nSPS) is 11.2. The average molecular weight is 340 g/mol. The number of hydrogen-bond donors (Lipinski definition) is 2. The van der Waals surface area contributed by atoms with Gasteiger partial charge in [-0.05, 0) is 52.0 Å². The minimum Gasteiger partial charge on any atom is -0.349 e. The predicted octanol–water partition coefficient (Wildman–Crippen LogP) is 3.67. The van der Waals surface area contributed by atoms with E-state index in [0.717, 1.165) is 12.2 Å². The van der Waals surface area contributed by atoms with Gasteiger partial charge in [-0.3, -0.25) is 9.69 Å². The Hall–Kier alpha value is -2.40. The van der Waals surface area contributed by atoms with E-state index in [9.17, 15) is 4.79 Å². The van der Waals surface area contributed by atoms with Crippen LogP contribution in [0.15, 0.2) is 48.5 Å². The minimum absolute atomic E-state index is 0.149. The molecule has 0 atom stereocenters. The van der Waals surface area contributed by atoms with E-state index in [1.165, 1.54) is 0 Å². The molecule has 2 N–H and O–H groups in total. The molecule has 1 amide bonds. The lowest BCUT2D eigenvalue weighted by Gasteiger charge is -2.30. The number of hydrogen-bond acceptors (Lipinski definition) is 4. The van der Waals surface area contributed by atoms with Gasteiger partial charge in [0.15, 0.2) is 0 Å². The third kappa shape index (κ3) is 5.87. The van der Waals surface area contributed by atoms with Crippen molar-refractivity contribution >= 4 is 17.4 Å². The van der Waals surface area contributed by atoms with Crippen LogP contribution in [-0.2, 0) is 0 Å². The van der Waals surface area contributed by atoms with Crippen molar-refractivity contribution in [2.24, 2.45) is 0 Å². The van der Waals surface area contributed by atoms with Crippen LogP contribution in [0.2, 0.25) is 0 Å². The highest BCUT2D eigenvalue weighted by molar-refractivity contribution is 5.92. The predicted molar refractivity (Wildman–Crippen MR) is 103 cm³/mol. The van der Waals surface area contributed by atoms with Gasteiger partial charge in [0.2, 0.25) is 0 Å². The lowest BCUT2D eigenvalue weighted by molar-refractivity contribution is 0.0934. The lowest BCUT2D eigenvalue weighted by Crippen LogP contribution is -2.42. The fourth-order valence-corrected chi connectivity index (χ4v) is 2.80. The lowest BCUT2D eigenvalue weighted by atomic mass is 10.2. The van der Waals surface area contributed by atoms with Crippen LogP contribution in [0.25, 0.3) is 0 Å². The van der Waals surface area contributed by atoms with Crippen LogP contribution >= 0.6 is 0 Å².